The first-order chi connectivity index (χ1) is 11.8. The van der Waals surface area contributed by atoms with Gasteiger partial charge in [-0.05, 0) is 12.8 Å². The number of methoxy groups -OCH3 is 3. The van der Waals surface area contributed by atoms with E-state index in [-0.39, 0.29) is 18.9 Å². The summed E-state index contributed by atoms with van der Waals surface area (Å²) in [5, 5.41) is -0.457. The minimum atomic E-state index is -3.11. The second-order valence-electron chi connectivity index (χ2n) is 6.09. The number of rotatable bonds is 7. The SMILES string of the molecule is COc1cc(OC)c(CCC(=O)N2CCC(S(C)(=O)=O)C2)c(OC)c1. The molecule has 25 heavy (non-hydrogen) atoms. The van der Waals surface area contributed by atoms with Crippen molar-refractivity contribution in [1.82, 2.24) is 4.90 Å². The first kappa shape index (κ1) is 19.4. The highest BCUT2D eigenvalue weighted by Crippen LogP contribution is 2.35. The van der Waals surface area contributed by atoms with Gasteiger partial charge < -0.3 is 19.1 Å². The van der Waals surface area contributed by atoms with Crippen LogP contribution in [0.25, 0.3) is 0 Å². The number of nitrogens with zero attached hydrogens (tertiary/aromatic N) is 1. The van der Waals surface area contributed by atoms with Crippen LogP contribution in [0.15, 0.2) is 12.1 Å². The second kappa shape index (κ2) is 7.95. The number of sulfone groups is 1. The molecule has 1 aliphatic rings. The fourth-order valence-electron chi connectivity index (χ4n) is 3.02. The summed E-state index contributed by atoms with van der Waals surface area (Å²) in [6.45, 7) is 0.752. The Hall–Kier alpha value is -1.96. The maximum absolute atomic E-state index is 12.4. The molecule has 1 heterocycles. The topological polar surface area (TPSA) is 82.1 Å². The quantitative estimate of drug-likeness (QED) is 0.718. The molecule has 1 atom stereocenters. The van der Waals surface area contributed by atoms with E-state index in [1.165, 1.54) is 6.26 Å². The van der Waals surface area contributed by atoms with Gasteiger partial charge in [0.25, 0.3) is 0 Å². The molecule has 1 aliphatic heterocycles. The molecule has 0 radical (unpaired) electrons. The molecule has 1 aromatic carbocycles. The van der Waals surface area contributed by atoms with E-state index >= 15 is 0 Å². The molecule has 1 aromatic rings. The van der Waals surface area contributed by atoms with Crippen molar-refractivity contribution in [3.05, 3.63) is 17.7 Å². The Kier molecular flexibility index (Phi) is 6.16. The van der Waals surface area contributed by atoms with Gasteiger partial charge in [-0.15, -0.1) is 0 Å². The monoisotopic (exact) mass is 371 g/mol. The zero-order valence-electron chi connectivity index (χ0n) is 15.1. The summed E-state index contributed by atoms with van der Waals surface area (Å²) >= 11 is 0. The van der Waals surface area contributed by atoms with Gasteiger partial charge in [-0.1, -0.05) is 0 Å². The highest BCUT2D eigenvalue weighted by atomic mass is 32.2. The van der Waals surface area contributed by atoms with Gasteiger partial charge in [0.2, 0.25) is 5.91 Å². The highest BCUT2D eigenvalue weighted by Gasteiger charge is 2.32. The lowest BCUT2D eigenvalue weighted by molar-refractivity contribution is -0.130. The van der Waals surface area contributed by atoms with E-state index < -0.39 is 15.1 Å². The lowest BCUT2D eigenvalue weighted by Gasteiger charge is -2.18. The van der Waals surface area contributed by atoms with Crippen molar-refractivity contribution in [2.75, 3.05) is 40.7 Å². The maximum atomic E-state index is 12.4. The molecule has 2 rings (SSSR count). The third-order valence-corrected chi connectivity index (χ3v) is 6.10. The van der Waals surface area contributed by atoms with Gasteiger partial charge in [0.05, 0.1) is 26.6 Å². The van der Waals surface area contributed by atoms with E-state index in [4.69, 9.17) is 14.2 Å². The Morgan fingerprint density at radius 2 is 1.76 bits per heavy atom. The van der Waals surface area contributed by atoms with Crippen LogP contribution in [0.3, 0.4) is 0 Å². The summed E-state index contributed by atoms with van der Waals surface area (Å²) in [4.78, 5) is 14.1. The van der Waals surface area contributed by atoms with Gasteiger partial charge in [0.15, 0.2) is 9.84 Å². The summed E-state index contributed by atoms with van der Waals surface area (Å²) in [7, 11) is 1.55. The van der Waals surface area contributed by atoms with Gasteiger partial charge in [-0.2, -0.15) is 0 Å². The van der Waals surface area contributed by atoms with Gasteiger partial charge in [0, 0.05) is 43.5 Å². The van der Waals surface area contributed by atoms with E-state index in [1.807, 2.05) is 0 Å². The lowest BCUT2D eigenvalue weighted by Crippen LogP contribution is -2.31. The van der Waals surface area contributed by atoms with Gasteiger partial charge in [-0.3, -0.25) is 4.79 Å². The molecule has 140 valence electrons. The Labute approximate surface area is 148 Å². The molecule has 0 saturated carbocycles. The Morgan fingerprint density at radius 1 is 1.16 bits per heavy atom. The van der Waals surface area contributed by atoms with E-state index in [2.05, 4.69) is 0 Å². The third-order valence-electron chi connectivity index (χ3n) is 4.51. The minimum absolute atomic E-state index is 0.0638. The average molecular weight is 371 g/mol. The van der Waals surface area contributed by atoms with E-state index in [0.29, 0.717) is 36.6 Å². The summed E-state index contributed by atoms with van der Waals surface area (Å²) in [5.41, 5.74) is 0.790. The third kappa shape index (κ3) is 4.56. The number of benzene rings is 1. The van der Waals surface area contributed by atoms with Crippen molar-refractivity contribution >= 4 is 15.7 Å². The van der Waals surface area contributed by atoms with Gasteiger partial charge in [0.1, 0.15) is 17.2 Å². The number of carbonyl (C=O) groups excluding carboxylic acids is 1. The van der Waals surface area contributed by atoms with Crippen LogP contribution in [0.4, 0.5) is 0 Å². The Balaban J connectivity index is 2.07. The molecule has 0 aromatic heterocycles. The van der Waals surface area contributed by atoms with Crippen LogP contribution in [0.5, 0.6) is 17.2 Å². The molecular formula is C17H25NO6S. The van der Waals surface area contributed by atoms with Gasteiger partial charge in [-0.25, -0.2) is 8.42 Å². The predicted octanol–water partition coefficient (Wildman–Crippen LogP) is 1.29. The van der Waals surface area contributed by atoms with Crippen LogP contribution in [-0.2, 0) is 21.1 Å². The second-order valence-corrected chi connectivity index (χ2v) is 8.42. The summed E-state index contributed by atoms with van der Waals surface area (Å²) in [6.07, 6.45) is 2.42. The lowest BCUT2D eigenvalue weighted by atomic mass is 10.1. The molecule has 0 N–H and O–H groups in total. The first-order valence-electron chi connectivity index (χ1n) is 8.05. The molecule has 8 heteroatoms. The molecule has 1 amide bonds. The number of amides is 1. The van der Waals surface area contributed by atoms with Crippen molar-refractivity contribution in [2.24, 2.45) is 0 Å². The summed E-state index contributed by atoms with van der Waals surface area (Å²) < 4.78 is 39.2. The fourth-order valence-corrected chi connectivity index (χ4v) is 4.00. The number of hydrogen-bond donors (Lipinski definition) is 0. The smallest absolute Gasteiger partial charge is 0.222 e. The van der Waals surface area contributed by atoms with E-state index in [1.54, 1.807) is 38.4 Å². The molecule has 7 nitrogen and oxygen atoms in total. The number of likely N-dealkylation sites (tertiary alicyclic amines) is 1. The van der Waals surface area contributed by atoms with E-state index in [9.17, 15) is 13.2 Å². The van der Waals surface area contributed by atoms with Crippen LogP contribution in [0, 0.1) is 0 Å². The van der Waals surface area contributed by atoms with Gasteiger partial charge >= 0.3 is 0 Å². The molecular weight excluding hydrogens is 346 g/mol. The maximum Gasteiger partial charge on any atom is 0.222 e. The van der Waals surface area contributed by atoms with Crippen LogP contribution in [-0.4, -0.2) is 65.1 Å². The minimum Gasteiger partial charge on any atom is -0.496 e. The molecule has 0 bridgehead atoms. The van der Waals surface area contributed by atoms with E-state index in [0.717, 1.165) is 5.56 Å². The van der Waals surface area contributed by atoms with Crippen LogP contribution in [0.2, 0.25) is 0 Å². The summed E-state index contributed by atoms with van der Waals surface area (Å²) in [5.74, 6) is 1.74. The summed E-state index contributed by atoms with van der Waals surface area (Å²) in [6, 6.07) is 3.50. The number of carbonyl (C=O) groups is 1. The molecule has 0 aliphatic carbocycles. The van der Waals surface area contributed by atoms with Crippen molar-refractivity contribution < 1.29 is 27.4 Å². The molecule has 1 unspecified atom stereocenters. The Morgan fingerprint density at radius 3 is 2.20 bits per heavy atom. The Bertz CT molecular complexity index is 706. The average Bonchev–Trinajstić information content (AvgIpc) is 3.09. The molecule has 1 saturated heterocycles. The van der Waals surface area contributed by atoms with Crippen LogP contribution in [0.1, 0.15) is 18.4 Å². The highest BCUT2D eigenvalue weighted by molar-refractivity contribution is 7.91. The predicted molar refractivity (Wildman–Crippen MR) is 94.2 cm³/mol. The normalized spacial score (nSPS) is 17.4. The van der Waals surface area contributed by atoms with Crippen molar-refractivity contribution in [3.8, 4) is 17.2 Å². The number of hydrogen-bond acceptors (Lipinski definition) is 6. The number of ether oxygens (including phenoxy) is 3. The zero-order valence-corrected chi connectivity index (χ0v) is 15.9. The fraction of sp³-hybridized carbons (Fsp3) is 0.588. The zero-order chi connectivity index (χ0) is 18.6. The molecule has 0 spiro atoms. The van der Waals surface area contributed by atoms with Crippen LogP contribution >= 0.6 is 0 Å². The van der Waals surface area contributed by atoms with Crippen molar-refractivity contribution in [3.63, 3.8) is 0 Å². The largest absolute Gasteiger partial charge is 0.496 e. The first-order valence-corrected chi connectivity index (χ1v) is 10.0. The molecule has 1 fully saturated rings. The van der Waals surface area contributed by atoms with Crippen molar-refractivity contribution in [1.29, 1.82) is 0 Å². The van der Waals surface area contributed by atoms with Crippen LogP contribution < -0.4 is 14.2 Å². The van der Waals surface area contributed by atoms with Crippen molar-refractivity contribution in [2.45, 2.75) is 24.5 Å². The standard InChI is InChI=1S/C17H25NO6S/c1-22-12-9-15(23-2)14(16(10-12)24-3)5-6-17(19)18-8-7-13(11-18)25(4,20)21/h9-10,13H,5-8,11H2,1-4H3.